The van der Waals surface area contributed by atoms with E-state index in [-0.39, 0.29) is 5.41 Å². The quantitative estimate of drug-likeness (QED) is 0.784. The average molecular weight is 229 g/mol. The third kappa shape index (κ3) is 3.00. The summed E-state index contributed by atoms with van der Waals surface area (Å²) in [7, 11) is 0. The highest BCUT2D eigenvalue weighted by atomic mass is 16.3. The Balaban J connectivity index is 2.16. The van der Waals surface area contributed by atoms with E-state index in [1.54, 1.807) is 12.1 Å². The highest BCUT2D eigenvalue weighted by molar-refractivity contribution is 5.29. The summed E-state index contributed by atoms with van der Waals surface area (Å²) in [4.78, 5) is 0. The first-order valence-electron chi connectivity index (χ1n) is 6.43. The van der Waals surface area contributed by atoms with Crippen LogP contribution in [-0.2, 0) is 6.42 Å². The second-order valence-electron chi connectivity index (χ2n) is 5.15. The van der Waals surface area contributed by atoms with Crippen molar-refractivity contribution in [3.63, 3.8) is 0 Å². The van der Waals surface area contributed by atoms with E-state index in [1.165, 1.54) is 12.8 Å². The smallest absolute Gasteiger partial charge is 0.115 e. The molecule has 2 nitrogen and oxygen atoms in total. The molecule has 0 saturated heterocycles. The fourth-order valence-electron chi connectivity index (χ4n) is 2.79. The van der Waals surface area contributed by atoms with Crippen molar-refractivity contribution in [1.29, 1.82) is 5.26 Å². The Labute approximate surface area is 103 Å². The van der Waals surface area contributed by atoms with Gasteiger partial charge in [-0.25, -0.2) is 0 Å². The van der Waals surface area contributed by atoms with E-state index in [9.17, 15) is 10.4 Å². The van der Waals surface area contributed by atoms with Crippen molar-refractivity contribution >= 4 is 0 Å². The number of nitriles is 1. The standard InChI is InChI=1S/C15H19NO/c16-12-15(8-3-1-2-4-9-15)11-13-6-5-7-14(17)10-13/h5-7,10,17H,1-4,8-9,11H2. The van der Waals surface area contributed by atoms with E-state index in [1.807, 2.05) is 12.1 Å². The molecule has 17 heavy (non-hydrogen) atoms. The third-order valence-electron chi connectivity index (χ3n) is 3.75. The molecule has 2 rings (SSSR count). The molecule has 0 atom stereocenters. The molecule has 1 aliphatic carbocycles. The van der Waals surface area contributed by atoms with E-state index < -0.39 is 0 Å². The first-order valence-corrected chi connectivity index (χ1v) is 6.43. The summed E-state index contributed by atoms with van der Waals surface area (Å²) in [6.07, 6.45) is 7.60. The van der Waals surface area contributed by atoms with Crippen LogP contribution in [0.2, 0.25) is 0 Å². The lowest BCUT2D eigenvalue weighted by molar-refractivity contribution is 0.338. The number of benzene rings is 1. The SMILES string of the molecule is N#CC1(Cc2cccc(O)c2)CCCCCC1. The summed E-state index contributed by atoms with van der Waals surface area (Å²) >= 11 is 0. The van der Waals surface area contributed by atoms with Gasteiger partial charge in [0.2, 0.25) is 0 Å². The molecule has 0 bridgehead atoms. The summed E-state index contributed by atoms with van der Waals surface area (Å²) in [5.74, 6) is 0.296. The average Bonchev–Trinajstić information content (AvgIpc) is 2.55. The zero-order chi connectivity index (χ0) is 12.1. The van der Waals surface area contributed by atoms with Crippen molar-refractivity contribution in [1.82, 2.24) is 0 Å². The number of phenols is 1. The number of aromatic hydroxyl groups is 1. The highest BCUT2D eigenvalue weighted by Crippen LogP contribution is 2.37. The molecule has 1 saturated carbocycles. The lowest BCUT2D eigenvalue weighted by Crippen LogP contribution is -2.20. The summed E-state index contributed by atoms with van der Waals surface area (Å²) in [5, 5.41) is 19.0. The first-order chi connectivity index (χ1) is 8.24. The van der Waals surface area contributed by atoms with Gasteiger partial charge < -0.3 is 5.11 Å². The number of rotatable bonds is 2. The molecular weight excluding hydrogens is 210 g/mol. The van der Waals surface area contributed by atoms with Crippen molar-refractivity contribution in [2.75, 3.05) is 0 Å². The van der Waals surface area contributed by atoms with E-state index in [2.05, 4.69) is 6.07 Å². The van der Waals surface area contributed by atoms with Crippen LogP contribution in [-0.4, -0.2) is 5.11 Å². The zero-order valence-electron chi connectivity index (χ0n) is 10.2. The van der Waals surface area contributed by atoms with Crippen LogP contribution in [0.25, 0.3) is 0 Å². The molecule has 2 heteroatoms. The minimum absolute atomic E-state index is 0.204. The molecule has 0 radical (unpaired) electrons. The monoisotopic (exact) mass is 229 g/mol. The molecule has 1 N–H and O–H groups in total. The van der Waals surface area contributed by atoms with Gasteiger partial charge in [-0.15, -0.1) is 0 Å². The maximum absolute atomic E-state index is 9.48. The van der Waals surface area contributed by atoms with Gasteiger partial charge >= 0.3 is 0 Å². The Morgan fingerprint density at radius 2 is 1.88 bits per heavy atom. The molecule has 1 aromatic carbocycles. The predicted octanol–water partition coefficient (Wildman–Crippen LogP) is 3.80. The van der Waals surface area contributed by atoms with E-state index in [0.717, 1.165) is 37.7 Å². The lowest BCUT2D eigenvalue weighted by atomic mass is 9.77. The van der Waals surface area contributed by atoms with E-state index in [0.29, 0.717) is 5.75 Å². The van der Waals surface area contributed by atoms with Crippen LogP contribution in [0.15, 0.2) is 24.3 Å². The molecule has 1 fully saturated rings. The minimum atomic E-state index is -0.204. The van der Waals surface area contributed by atoms with Crippen LogP contribution in [0.5, 0.6) is 5.75 Å². The van der Waals surface area contributed by atoms with Crippen molar-refractivity contribution in [2.45, 2.75) is 44.9 Å². The molecule has 1 aromatic rings. The van der Waals surface area contributed by atoms with Gasteiger partial charge in [0.15, 0.2) is 0 Å². The van der Waals surface area contributed by atoms with Crippen molar-refractivity contribution < 1.29 is 5.11 Å². The Morgan fingerprint density at radius 1 is 1.18 bits per heavy atom. The molecular formula is C15H19NO. The topological polar surface area (TPSA) is 44.0 Å². The molecule has 0 amide bonds. The van der Waals surface area contributed by atoms with Gasteiger partial charge in [0.1, 0.15) is 5.75 Å². The second kappa shape index (κ2) is 5.23. The molecule has 0 unspecified atom stereocenters. The molecule has 0 spiro atoms. The molecule has 0 aliphatic heterocycles. The summed E-state index contributed by atoms with van der Waals surface area (Å²) in [5.41, 5.74) is 0.873. The minimum Gasteiger partial charge on any atom is -0.508 e. The molecule has 0 heterocycles. The Kier molecular flexibility index (Phi) is 3.68. The maximum atomic E-state index is 9.48. The summed E-state index contributed by atoms with van der Waals surface area (Å²) < 4.78 is 0. The van der Waals surface area contributed by atoms with Crippen molar-refractivity contribution in [3.8, 4) is 11.8 Å². The molecule has 1 aliphatic rings. The van der Waals surface area contributed by atoms with Gasteiger partial charge in [0.25, 0.3) is 0 Å². The fraction of sp³-hybridized carbons (Fsp3) is 0.533. The van der Waals surface area contributed by atoms with E-state index >= 15 is 0 Å². The van der Waals surface area contributed by atoms with Gasteiger partial charge in [0, 0.05) is 0 Å². The zero-order valence-corrected chi connectivity index (χ0v) is 10.2. The number of phenolic OH excluding ortho intramolecular Hbond substituents is 1. The Bertz CT molecular complexity index is 411. The number of hydrogen-bond donors (Lipinski definition) is 1. The van der Waals surface area contributed by atoms with Gasteiger partial charge in [-0.1, -0.05) is 37.8 Å². The Morgan fingerprint density at radius 3 is 2.47 bits per heavy atom. The van der Waals surface area contributed by atoms with E-state index in [4.69, 9.17) is 0 Å². The van der Waals surface area contributed by atoms with Crippen LogP contribution < -0.4 is 0 Å². The number of hydrogen-bond acceptors (Lipinski definition) is 2. The van der Waals surface area contributed by atoms with Gasteiger partial charge in [0.05, 0.1) is 11.5 Å². The highest BCUT2D eigenvalue weighted by Gasteiger charge is 2.31. The summed E-state index contributed by atoms with van der Waals surface area (Å²) in [6, 6.07) is 9.86. The van der Waals surface area contributed by atoms with Crippen molar-refractivity contribution in [3.05, 3.63) is 29.8 Å². The maximum Gasteiger partial charge on any atom is 0.115 e. The Hall–Kier alpha value is -1.49. The lowest BCUT2D eigenvalue weighted by Gasteiger charge is -2.24. The second-order valence-corrected chi connectivity index (χ2v) is 5.15. The molecule has 90 valence electrons. The van der Waals surface area contributed by atoms with Gasteiger partial charge in [-0.3, -0.25) is 0 Å². The summed E-state index contributed by atoms with van der Waals surface area (Å²) in [6.45, 7) is 0. The van der Waals surface area contributed by atoms with Crippen LogP contribution in [0.4, 0.5) is 0 Å². The normalized spacial score (nSPS) is 19.2. The van der Waals surface area contributed by atoms with Crippen LogP contribution in [0.3, 0.4) is 0 Å². The fourth-order valence-corrected chi connectivity index (χ4v) is 2.79. The van der Waals surface area contributed by atoms with Crippen molar-refractivity contribution in [2.24, 2.45) is 5.41 Å². The predicted molar refractivity (Wildman–Crippen MR) is 67.6 cm³/mol. The van der Waals surface area contributed by atoms with Gasteiger partial charge in [-0.2, -0.15) is 5.26 Å². The molecule has 0 aromatic heterocycles. The largest absolute Gasteiger partial charge is 0.508 e. The van der Waals surface area contributed by atoms with Crippen LogP contribution in [0, 0.1) is 16.7 Å². The van der Waals surface area contributed by atoms with Crippen LogP contribution >= 0.6 is 0 Å². The van der Waals surface area contributed by atoms with Gasteiger partial charge in [-0.05, 0) is 37.0 Å². The van der Waals surface area contributed by atoms with Crippen LogP contribution in [0.1, 0.15) is 44.1 Å². The first kappa shape index (κ1) is 12.0. The number of nitrogens with zero attached hydrogens (tertiary/aromatic N) is 1. The third-order valence-corrected chi connectivity index (χ3v) is 3.75.